The molecule has 2 aromatic carbocycles. The van der Waals surface area contributed by atoms with E-state index in [0.29, 0.717) is 18.2 Å². The molecule has 0 fully saturated rings. The van der Waals surface area contributed by atoms with Crippen molar-refractivity contribution in [2.75, 3.05) is 23.5 Å². The van der Waals surface area contributed by atoms with Gasteiger partial charge in [-0.25, -0.2) is 14.2 Å². The molecule has 0 spiro atoms. The molecule has 0 aliphatic carbocycles. The smallest absolute Gasteiger partial charge is 0.323 e. The molecule has 7 nitrogen and oxygen atoms in total. The number of aromatic nitrogens is 1. The molecule has 1 aromatic heterocycles. The van der Waals surface area contributed by atoms with Gasteiger partial charge in [0.2, 0.25) is 0 Å². The second kappa shape index (κ2) is 9.89. The molecule has 1 aliphatic heterocycles. The number of amides is 2. The summed E-state index contributed by atoms with van der Waals surface area (Å²) in [5.41, 5.74) is 3.12. The zero-order valence-electron chi connectivity index (χ0n) is 17.9. The summed E-state index contributed by atoms with van der Waals surface area (Å²) in [7, 11) is 0. The Hall–Kier alpha value is -3.62. The standard InChI is InChI=1S/C24H23ClFN5O2/c1-16-13-27-23(28-20-8-7-18(26)11-19(20)25)12-22(16)30-9-10-31(15-30)24(33)29-21(14-32)17-5-3-2-4-6-17/h2-13,21,32H,14-15H2,1H3,(H,27,28)(H,29,33). The maximum absolute atomic E-state index is 13.3. The van der Waals surface area contributed by atoms with E-state index in [1.165, 1.54) is 17.0 Å². The lowest BCUT2D eigenvalue weighted by atomic mass is 10.1. The number of rotatable bonds is 6. The lowest BCUT2D eigenvalue weighted by Crippen LogP contribution is -2.41. The highest BCUT2D eigenvalue weighted by Gasteiger charge is 2.23. The molecular formula is C24H23ClFN5O2. The first-order valence-electron chi connectivity index (χ1n) is 10.3. The maximum atomic E-state index is 13.3. The van der Waals surface area contributed by atoms with Crippen LogP contribution in [-0.4, -0.2) is 34.3 Å². The van der Waals surface area contributed by atoms with Gasteiger partial charge in [-0.1, -0.05) is 41.9 Å². The SMILES string of the molecule is Cc1cnc(Nc2ccc(F)cc2Cl)cc1N1C=CN(C(=O)NC(CO)c2ccccc2)C1. The van der Waals surface area contributed by atoms with Crippen molar-refractivity contribution in [1.82, 2.24) is 15.2 Å². The lowest BCUT2D eigenvalue weighted by molar-refractivity contribution is 0.198. The van der Waals surface area contributed by atoms with Crippen LogP contribution in [0.1, 0.15) is 17.2 Å². The third-order valence-corrected chi connectivity index (χ3v) is 5.57. The quantitative estimate of drug-likeness (QED) is 0.479. The predicted molar refractivity (Wildman–Crippen MR) is 127 cm³/mol. The van der Waals surface area contributed by atoms with Gasteiger partial charge in [-0.3, -0.25) is 4.90 Å². The van der Waals surface area contributed by atoms with Gasteiger partial charge >= 0.3 is 6.03 Å². The molecule has 0 saturated heterocycles. The molecular weight excluding hydrogens is 445 g/mol. The summed E-state index contributed by atoms with van der Waals surface area (Å²) in [6.45, 7) is 2.01. The Morgan fingerprint density at radius 1 is 1.21 bits per heavy atom. The normalized spacial score (nSPS) is 13.8. The van der Waals surface area contributed by atoms with Gasteiger partial charge in [0.05, 0.1) is 29.0 Å². The molecule has 9 heteroatoms. The number of anilines is 3. The maximum Gasteiger partial charge on any atom is 0.323 e. The second-order valence-electron chi connectivity index (χ2n) is 7.58. The zero-order valence-corrected chi connectivity index (χ0v) is 18.6. The van der Waals surface area contributed by atoms with Crippen LogP contribution in [-0.2, 0) is 0 Å². The van der Waals surface area contributed by atoms with Gasteiger partial charge in [-0.2, -0.15) is 0 Å². The number of nitrogens with zero attached hydrogens (tertiary/aromatic N) is 3. The van der Waals surface area contributed by atoms with E-state index in [1.807, 2.05) is 48.2 Å². The number of aryl methyl sites for hydroxylation is 1. The van der Waals surface area contributed by atoms with Crippen molar-refractivity contribution < 1.29 is 14.3 Å². The third kappa shape index (κ3) is 5.24. The lowest BCUT2D eigenvalue weighted by Gasteiger charge is -2.24. The van der Waals surface area contributed by atoms with Gasteiger partial charge < -0.3 is 20.6 Å². The number of pyridine rings is 1. The molecule has 0 saturated carbocycles. The Morgan fingerprint density at radius 2 is 2.00 bits per heavy atom. The van der Waals surface area contributed by atoms with E-state index in [2.05, 4.69) is 15.6 Å². The summed E-state index contributed by atoms with van der Waals surface area (Å²) in [6.07, 6.45) is 5.19. The van der Waals surface area contributed by atoms with Gasteiger partial charge in [0.1, 0.15) is 18.3 Å². The number of carbonyl (C=O) groups is 1. The fourth-order valence-electron chi connectivity index (χ4n) is 3.48. The number of hydrogen-bond acceptors (Lipinski definition) is 5. The van der Waals surface area contributed by atoms with E-state index in [4.69, 9.17) is 11.6 Å². The number of aliphatic hydroxyl groups is 1. The highest BCUT2D eigenvalue weighted by Crippen LogP contribution is 2.30. The molecule has 1 atom stereocenters. The van der Waals surface area contributed by atoms with Gasteiger partial charge in [0.15, 0.2) is 0 Å². The number of benzene rings is 2. The Kier molecular flexibility index (Phi) is 6.76. The number of nitrogens with one attached hydrogen (secondary N) is 2. The van der Waals surface area contributed by atoms with E-state index in [0.717, 1.165) is 16.8 Å². The molecule has 2 amide bonds. The predicted octanol–water partition coefficient (Wildman–Crippen LogP) is 4.92. The number of urea groups is 1. The average molecular weight is 468 g/mol. The summed E-state index contributed by atoms with van der Waals surface area (Å²) in [6, 6.07) is 14.4. The molecule has 3 aromatic rings. The molecule has 3 N–H and O–H groups in total. The summed E-state index contributed by atoms with van der Waals surface area (Å²) in [4.78, 5) is 20.6. The zero-order chi connectivity index (χ0) is 23.4. The van der Waals surface area contributed by atoms with Crippen molar-refractivity contribution in [2.24, 2.45) is 0 Å². The minimum atomic E-state index is -0.500. The first kappa shape index (κ1) is 22.6. The van der Waals surface area contributed by atoms with Crippen LogP contribution in [0.15, 0.2) is 73.2 Å². The average Bonchev–Trinajstić information content (AvgIpc) is 3.31. The third-order valence-electron chi connectivity index (χ3n) is 5.25. The Bertz CT molecular complexity index is 1170. The molecule has 170 valence electrons. The Morgan fingerprint density at radius 3 is 2.73 bits per heavy atom. The van der Waals surface area contributed by atoms with E-state index in [9.17, 15) is 14.3 Å². The number of hydrogen-bond donors (Lipinski definition) is 3. The van der Waals surface area contributed by atoms with Crippen LogP contribution in [0, 0.1) is 12.7 Å². The van der Waals surface area contributed by atoms with Crippen molar-refractivity contribution in [3.63, 3.8) is 0 Å². The van der Waals surface area contributed by atoms with E-state index >= 15 is 0 Å². The van der Waals surface area contributed by atoms with E-state index in [1.54, 1.807) is 24.7 Å². The van der Waals surface area contributed by atoms with Crippen LogP contribution in [0.25, 0.3) is 0 Å². The molecule has 4 rings (SSSR count). The van der Waals surface area contributed by atoms with Gasteiger partial charge in [-0.15, -0.1) is 0 Å². The van der Waals surface area contributed by atoms with Crippen LogP contribution < -0.4 is 15.5 Å². The number of halogens is 2. The minimum Gasteiger partial charge on any atom is -0.394 e. The van der Waals surface area contributed by atoms with Crippen molar-refractivity contribution in [1.29, 1.82) is 0 Å². The second-order valence-corrected chi connectivity index (χ2v) is 7.99. The highest BCUT2D eigenvalue weighted by molar-refractivity contribution is 6.33. The Labute approximate surface area is 196 Å². The van der Waals surface area contributed by atoms with Crippen molar-refractivity contribution >= 4 is 34.8 Å². The fraction of sp³-hybridized carbons (Fsp3) is 0.167. The largest absolute Gasteiger partial charge is 0.394 e. The monoisotopic (exact) mass is 467 g/mol. The van der Waals surface area contributed by atoms with Crippen molar-refractivity contribution in [3.8, 4) is 0 Å². The summed E-state index contributed by atoms with van der Waals surface area (Å²) in [5.74, 6) is 0.115. The van der Waals surface area contributed by atoms with Crippen LogP contribution in [0.2, 0.25) is 5.02 Å². The van der Waals surface area contributed by atoms with Crippen LogP contribution in [0.3, 0.4) is 0 Å². The molecule has 33 heavy (non-hydrogen) atoms. The number of aliphatic hydroxyl groups excluding tert-OH is 1. The molecule has 2 heterocycles. The van der Waals surface area contributed by atoms with Gasteiger partial charge in [0.25, 0.3) is 0 Å². The van der Waals surface area contributed by atoms with E-state index in [-0.39, 0.29) is 17.7 Å². The Balaban J connectivity index is 1.45. The minimum absolute atomic E-state index is 0.207. The van der Waals surface area contributed by atoms with Gasteiger partial charge in [-0.05, 0) is 36.2 Å². The first-order chi connectivity index (χ1) is 15.9. The molecule has 1 aliphatic rings. The topological polar surface area (TPSA) is 80.7 Å². The molecule has 0 bridgehead atoms. The summed E-state index contributed by atoms with van der Waals surface area (Å²) in [5, 5.41) is 15.9. The van der Waals surface area contributed by atoms with Crippen molar-refractivity contribution in [3.05, 3.63) is 95.2 Å². The summed E-state index contributed by atoms with van der Waals surface area (Å²) < 4.78 is 13.3. The molecule has 0 radical (unpaired) electrons. The summed E-state index contributed by atoms with van der Waals surface area (Å²) >= 11 is 6.11. The van der Waals surface area contributed by atoms with Crippen LogP contribution >= 0.6 is 11.6 Å². The first-order valence-corrected chi connectivity index (χ1v) is 10.7. The van der Waals surface area contributed by atoms with Crippen molar-refractivity contribution in [2.45, 2.75) is 13.0 Å². The fourth-order valence-corrected chi connectivity index (χ4v) is 3.69. The van der Waals surface area contributed by atoms with Crippen LogP contribution in [0.5, 0.6) is 0 Å². The highest BCUT2D eigenvalue weighted by atomic mass is 35.5. The molecule has 1 unspecified atom stereocenters. The number of carbonyl (C=O) groups excluding carboxylic acids is 1. The van der Waals surface area contributed by atoms with E-state index < -0.39 is 11.9 Å². The van der Waals surface area contributed by atoms with Gasteiger partial charge in [0, 0.05) is 24.7 Å². The van der Waals surface area contributed by atoms with Crippen LogP contribution in [0.4, 0.5) is 26.4 Å².